The number of rotatable bonds is 34. The average molecular weight is 674 g/mol. The smallest absolute Gasteiger partial charge is 0.462 e. The van der Waals surface area contributed by atoms with Gasteiger partial charge in [-0.2, -0.15) is 0 Å². The number of carbonyl (C=O) groups excluding carboxylic acids is 2. The summed E-state index contributed by atoms with van der Waals surface area (Å²) in [6.07, 6.45) is 32.3. The Hall–Kier alpha value is -1.51. The molecule has 0 fully saturated rings. The van der Waals surface area contributed by atoms with E-state index in [0.717, 1.165) is 38.5 Å². The Labute approximate surface area is 281 Å². The van der Waals surface area contributed by atoms with Crippen molar-refractivity contribution in [3.63, 3.8) is 0 Å². The Morgan fingerprint density at radius 3 is 1.72 bits per heavy atom. The van der Waals surface area contributed by atoms with Crippen LogP contribution < -0.4 is 5.73 Å². The third-order valence-corrected chi connectivity index (χ3v) is 8.57. The van der Waals surface area contributed by atoms with E-state index in [1.807, 2.05) is 0 Å². The molecule has 0 bridgehead atoms. The first-order valence-electron chi connectivity index (χ1n) is 18.3. The second kappa shape index (κ2) is 33.4. The maximum atomic E-state index is 12.5. The van der Waals surface area contributed by atoms with E-state index in [4.69, 9.17) is 24.3 Å². The molecule has 0 spiro atoms. The van der Waals surface area contributed by atoms with Crippen molar-refractivity contribution in [2.75, 3.05) is 26.4 Å². The van der Waals surface area contributed by atoms with Crippen molar-refractivity contribution < 1.29 is 37.6 Å². The number of allylic oxidation sites excluding steroid dienone is 4. The van der Waals surface area contributed by atoms with Gasteiger partial charge in [-0.3, -0.25) is 18.6 Å². The quantitative estimate of drug-likeness (QED) is 0.0296. The molecule has 0 aromatic heterocycles. The highest BCUT2D eigenvalue weighted by Crippen LogP contribution is 2.43. The summed E-state index contributed by atoms with van der Waals surface area (Å²) < 4.78 is 32.5. The van der Waals surface area contributed by atoms with Gasteiger partial charge in [-0.25, -0.2) is 4.57 Å². The Bertz CT molecular complexity index is 820. The van der Waals surface area contributed by atoms with Crippen molar-refractivity contribution in [2.45, 2.75) is 168 Å². The highest BCUT2D eigenvalue weighted by atomic mass is 31.2. The summed E-state index contributed by atoms with van der Waals surface area (Å²) in [6.45, 7) is 3.63. The average Bonchev–Trinajstić information content (AvgIpc) is 3.04. The number of carbonyl (C=O) groups is 2. The standard InChI is InChI=1S/C36H68NO8P/c1-3-5-7-9-11-13-14-15-16-17-18-19-20-21-23-25-27-29-36(39)45-34(33-44-46(40,41)43-31-30-37)32-42-35(38)28-26-24-22-12-10-8-6-4-2/h18-19,21,23,34H,3-17,20,22,24-33,37H2,1-2H3,(H,40,41)/b19-18+,23-21+/t34-/m1/s1. The topological polar surface area (TPSA) is 134 Å². The molecule has 0 heterocycles. The first-order chi connectivity index (χ1) is 22.3. The Morgan fingerprint density at radius 1 is 0.652 bits per heavy atom. The van der Waals surface area contributed by atoms with Crippen LogP contribution in [0.3, 0.4) is 0 Å². The van der Waals surface area contributed by atoms with Gasteiger partial charge in [0, 0.05) is 19.4 Å². The minimum Gasteiger partial charge on any atom is -0.462 e. The molecule has 0 aliphatic heterocycles. The van der Waals surface area contributed by atoms with Gasteiger partial charge in [0.15, 0.2) is 6.10 Å². The fourth-order valence-corrected chi connectivity index (χ4v) is 5.61. The number of phosphoric ester groups is 1. The van der Waals surface area contributed by atoms with Crippen LogP contribution in [0.15, 0.2) is 24.3 Å². The Balaban J connectivity index is 4.27. The number of phosphoric acid groups is 1. The minimum absolute atomic E-state index is 0.0484. The summed E-state index contributed by atoms with van der Waals surface area (Å²) in [4.78, 5) is 34.5. The largest absolute Gasteiger partial charge is 0.472 e. The van der Waals surface area contributed by atoms with Gasteiger partial charge in [0.05, 0.1) is 13.2 Å². The van der Waals surface area contributed by atoms with E-state index < -0.39 is 32.5 Å². The minimum atomic E-state index is -4.37. The summed E-state index contributed by atoms with van der Waals surface area (Å²) in [7, 11) is -4.37. The Kier molecular flexibility index (Phi) is 32.3. The lowest BCUT2D eigenvalue weighted by Gasteiger charge is -2.19. The third-order valence-electron chi connectivity index (χ3n) is 7.59. The van der Waals surface area contributed by atoms with Crippen molar-refractivity contribution in [3.05, 3.63) is 24.3 Å². The van der Waals surface area contributed by atoms with Crippen LogP contribution in [0.1, 0.15) is 162 Å². The third kappa shape index (κ3) is 32.4. The first-order valence-corrected chi connectivity index (χ1v) is 19.8. The van der Waals surface area contributed by atoms with Crippen LogP contribution >= 0.6 is 7.82 Å². The van der Waals surface area contributed by atoms with Crippen LogP contribution in [0.2, 0.25) is 0 Å². The van der Waals surface area contributed by atoms with Gasteiger partial charge in [-0.15, -0.1) is 0 Å². The molecule has 46 heavy (non-hydrogen) atoms. The van der Waals surface area contributed by atoms with Crippen LogP contribution in [0.5, 0.6) is 0 Å². The molecular formula is C36H68NO8P. The molecule has 0 aromatic rings. The second-order valence-corrected chi connectivity index (χ2v) is 13.5. The normalized spacial score (nSPS) is 13.7. The van der Waals surface area contributed by atoms with Crippen molar-refractivity contribution >= 4 is 19.8 Å². The van der Waals surface area contributed by atoms with Crippen molar-refractivity contribution in [1.29, 1.82) is 0 Å². The number of unbranched alkanes of at least 4 members (excludes halogenated alkanes) is 17. The van der Waals surface area contributed by atoms with E-state index in [-0.39, 0.29) is 32.6 Å². The molecular weight excluding hydrogens is 605 g/mol. The number of hydrogen-bond donors (Lipinski definition) is 2. The Morgan fingerprint density at radius 2 is 1.15 bits per heavy atom. The van der Waals surface area contributed by atoms with Gasteiger partial charge < -0.3 is 20.1 Å². The molecule has 0 aliphatic rings. The summed E-state index contributed by atoms with van der Waals surface area (Å²) >= 11 is 0. The zero-order valence-electron chi connectivity index (χ0n) is 29.3. The number of nitrogens with two attached hydrogens (primary N) is 1. The lowest BCUT2D eigenvalue weighted by Crippen LogP contribution is -2.29. The first kappa shape index (κ1) is 44.5. The van der Waals surface area contributed by atoms with Crippen molar-refractivity contribution in [3.8, 4) is 0 Å². The molecule has 0 rings (SSSR count). The van der Waals surface area contributed by atoms with Gasteiger partial charge in [0.2, 0.25) is 0 Å². The molecule has 0 aromatic carbocycles. The highest BCUT2D eigenvalue weighted by molar-refractivity contribution is 7.47. The monoisotopic (exact) mass is 673 g/mol. The van der Waals surface area contributed by atoms with Crippen LogP contribution in [0.4, 0.5) is 0 Å². The van der Waals surface area contributed by atoms with E-state index in [1.165, 1.54) is 89.9 Å². The zero-order chi connectivity index (χ0) is 34.0. The van der Waals surface area contributed by atoms with E-state index in [1.54, 1.807) is 0 Å². The molecule has 10 heteroatoms. The number of hydrogen-bond acceptors (Lipinski definition) is 8. The summed E-state index contributed by atoms with van der Waals surface area (Å²) in [6, 6.07) is 0. The summed E-state index contributed by atoms with van der Waals surface area (Å²) in [5, 5.41) is 0. The lowest BCUT2D eigenvalue weighted by molar-refractivity contribution is -0.161. The van der Waals surface area contributed by atoms with Crippen LogP contribution in [0.25, 0.3) is 0 Å². The predicted octanol–water partition coefficient (Wildman–Crippen LogP) is 9.66. The molecule has 0 radical (unpaired) electrons. The van der Waals surface area contributed by atoms with E-state index in [2.05, 4.69) is 38.2 Å². The van der Waals surface area contributed by atoms with Gasteiger partial charge >= 0.3 is 19.8 Å². The SMILES string of the molecule is CCCCCCCCCCC/C=C/C/C=C/CCCC(=O)O[C@H](COC(=O)CCCCCCCCCC)COP(=O)(O)OCCN. The lowest BCUT2D eigenvalue weighted by atomic mass is 10.1. The van der Waals surface area contributed by atoms with Gasteiger partial charge in [-0.1, -0.05) is 134 Å². The zero-order valence-corrected chi connectivity index (χ0v) is 30.2. The summed E-state index contributed by atoms with van der Waals surface area (Å²) in [5.41, 5.74) is 5.31. The van der Waals surface area contributed by atoms with Gasteiger partial charge in [0.25, 0.3) is 0 Å². The van der Waals surface area contributed by atoms with Gasteiger partial charge in [0.1, 0.15) is 6.61 Å². The molecule has 3 N–H and O–H groups in total. The van der Waals surface area contributed by atoms with Crippen molar-refractivity contribution in [1.82, 2.24) is 0 Å². The number of esters is 2. The molecule has 0 saturated carbocycles. The van der Waals surface area contributed by atoms with Crippen molar-refractivity contribution in [2.24, 2.45) is 5.73 Å². The van der Waals surface area contributed by atoms with E-state index in [0.29, 0.717) is 6.42 Å². The molecule has 2 atom stereocenters. The fourth-order valence-electron chi connectivity index (χ4n) is 4.85. The van der Waals surface area contributed by atoms with E-state index >= 15 is 0 Å². The van der Waals surface area contributed by atoms with Gasteiger partial charge in [-0.05, 0) is 38.5 Å². The highest BCUT2D eigenvalue weighted by Gasteiger charge is 2.25. The van der Waals surface area contributed by atoms with Crippen LogP contribution in [0, 0.1) is 0 Å². The second-order valence-electron chi connectivity index (χ2n) is 12.1. The molecule has 270 valence electrons. The maximum absolute atomic E-state index is 12.5. The number of ether oxygens (including phenoxy) is 2. The maximum Gasteiger partial charge on any atom is 0.472 e. The predicted molar refractivity (Wildman–Crippen MR) is 187 cm³/mol. The fraction of sp³-hybridized carbons (Fsp3) is 0.833. The van der Waals surface area contributed by atoms with Crippen LogP contribution in [-0.4, -0.2) is 49.3 Å². The van der Waals surface area contributed by atoms with E-state index in [9.17, 15) is 19.0 Å². The molecule has 0 aliphatic carbocycles. The molecule has 1 unspecified atom stereocenters. The molecule has 0 amide bonds. The summed E-state index contributed by atoms with van der Waals surface area (Å²) in [5.74, 6) is -0.886. The van der Waals surface area contributed by atoms with Crippen LogP contribution in [-0.2, 0) is 32.7 Å². The molecule has 9 nitrogen and oxygen atoms in total. The molecule has 0 saturated heterocycles.